The summed E-state index contributed by atoms with van der Waals surface area (Å²) in [6.07, 6.45) is -11.7. The maximum Gasteiger partial charge on any atom is 0.425 e. The molecule has 2 aromatic rings. The molecular weight excluding hydrogens is 658 g/mol. The second kappa shape index (κ2) is 20.7. The smallest absolute Gasteiger partial charge is 0.425 e. The van der Waals surface area contributed by atoms with Crippen molar-refractivity contribution in [3.63, 3.8) is 0 Å². The first-order valence-corrected chi connectivity index (χ1v) is 17.3. The molecule has 0 spiro atoms. The van der Waals surface area contributed by atoms with Crippen LogP contribution in [0.5, 0.6) is 0 Å². The summed E-state index contributed by atoms with van der Waals surface area (Å²) in [6, 6.07) is 11.7. The van der Waals surface area contributed by atoms with Gasteiger partial charge in [0.25, 0.3) is 0 Å². The average Bonchev–Trinajstić information content (AvgIpc) is 3.01. The van der Waals surface area contributed by atoms with Crippen molar-refractivity contribution in [2.45, 2.75) is 99.6 Å². The van der Waals surface area contributed by atoms with Gasteiger partial charge in [-0.05, 0) is 101 Å². The Kier molecular flexibility index (Phi) is 17.9. The Morgan fingerprint density at radius 1 is 0.587 bits per heavy atom. The Bertz CT molecular complexity index is 1070. The molecule has 46 heavy (non-hydrogen) atoms. The normalized spacial score (nSPS) is 13.3. The second-order valence-corrected chi connectivity index (χ2v) is 12.5. The number of carbonyl (C=O) groups is 2. The molecule has 14 heteroatoms. The maximum atomic E-state index is 13.4. The molecule has 0 aliphatic carbocycles. The zero-order chi connectivity index (χ0) is 34.0. The zero-order valence-electron chi connectivity index (χ0n) is 25.8. The third kappa shape index (κ3) is 15.4. The van der Waals surface area contributed by atoms with Crippen molar-refractivity contribution in [1.29, 1.82) is 0 Å². The number of alkyl halides is 6. The van der Waals surface area contributed by atoms with Crippen LogP contribution in [0, 0.1) is 0 Å². The van der Waals surface area contributed by atoms with Crippen molar-refractivity contribution in [3.8, 4) is 0 Å². The highest BCUT2D eigenvalue weighted by molar-refractivity contribution is 8.76. The van der Waals surface area contributed by atoms with Crippen LogP contribution in [0.4, 0.5) is 26.3 Å². The number of rotatable bonds is 21. The highest BCUT2D eigenvalue weighted by Crippen LogP contribution is 2.38. The van der Waals surface area contributed by atoms with E-state index in [4.69, 9.17) is 18.9 Å². The second-order valence-electron chi connectivity index (χ2n) is 10.2. The molecule has 0 fully saturated rings. The molecule has 2 rings (SSSR count). The summed E-state index contributed by atoms with van der Waals surface area (Å²) < 4.78 is 101. The molecule has 0 aliphatic rings. The molecule has 0 radical (unpaired) electrons. The minimum Gasteiger partial charge on any atom is -0.449 e. The van der Waals surface area contributed by atoms with Crippen LogP contribution >= 0.6 is 21.6 Å². The summed E-state index contributed by atoms with van der Waals surface area (Å²) in [5.41, 5.74) is -0.0454. The molecule has 0 unspecified atom stereocenters. The van der Waals surface area contributed by atoms with E-state index in [-0.39, 0.29) is 36.8 Å². The summed E-state index contributed by atoms with van der Waals surface area (Å²) in [5, 5.41) is 0. The number of benzene rings is 2. The van der Waals surface area contributed by atoms with Crippen LogP contribution in [0.25, 0.3) is 0 Å². The molecule has 0 aliphatic heterocycles. The molecule has 2 atom stereocenters. The van der Waals surface area contributed by atoms with Gasteiger partial charge in [0.15, 0.2) is 12.2 Å². The van der Waals surface area contributed by atoms with E-state index in [0.717, 1.165) is 0 Å². The van der Waals surface area contributed by atoms with Crippen LogP contribution in [-0.4, -0.2) is 62.9 Å². The number of unbranched alkanes of at least 4 members (excludes halogenated alkanes) is 4. The van der Waals surface area contributed by atoms with Gasteiger partial charge in [-0.15, -0.1) is 0 Å². The monoisotopic (exact) mass is 698 g/mol. The predicted octanol–water partition coefficient (Wildman–Crippen LogP) is 9.86. The van der Waals surface area contributed by atoms with Crippen LogP contribution in [0.3, 0.4) is 0 Å². The lowest BCUT2D eigenvalue weighted by Crippen LogP contribution is -2.33. The van der Waals surface area contributed by atoms with E-state index in [1.807, 2.05) is 13.8 Å². The van der Waals surface area contributed by atoms with Crippen LogP contribution in [0.1, 0.15) is 85.9 Å². The van der Waals surface area contributed by atoms with E-state index in [1.54, 1.807) is 24.3 Å². The minimum atomic E-state index is -4.68. The Labute approximate surface area is 273 Å². The lowest BCUT2D eigenvalue weighted by Gasteiger charge is -2.21. The first-order valence-electron chi connectivity index (χ1n) is 15.1. The number of halogens is 6. The van der Waals surface area contributed by atoms with Gasteiger partial charge in [-0.2, -0.15) is 26.3 Å². The van der Waals surface area contributed by atoms with Crippen molar-refractivity contribution in [1.82, 2.24) is 0 Å². The first-order chi connectivity index (χ1) is 21.8. The fourth-order valence-corrected chi connectivity index (χ4v) is 6.00. The van der Waals surface area contributed by atoms with Gasteiger partial charge < -0.3 is 18.9 Å². The third-order valence-corrected chi connectivity index (χ3v) is 8.98. The molecule has 0 N–H and O–H groups in total. The van der Waals surface area contributed by atoms with Crippen LogP contribution in [0.2, 0.25) is 0 Å². The number of hydrogen-bond donors (Lipinski definition) is 0. The standard InChI is InChI=1S/C32H40F6O6S2/c1-3-41-21-9-5-7-11-27(31(33,34)35)43-29(39)23-13-17-25(18-14-23)45-46-26-19-15-24(16-20-26)30(40)44-28(32(36,37)38)12-8-6-10-22-42-4-2/h13-20,27-28H,3-12,21-22H2,1-2H3/t27-,28-/m1/s1. The Balaban J connectivity index is 1.86. The number of ether oxygens (including phenoxy) is 4. The average molecular weight is 699 g/mol. The fourth-order valence-electron chi connectivity index (χ4n) is 4.07. The molecule has 0 aromatic heterocycles. The molecule has 258 valence electrons. The van der Waals surface area contributed by atoms with E-state index >= 15 is 0 Å². The van der Waals surface area contributed by atoms with Crippen molar-refractivity contribution < 1.29 is 54.9 Å². The van der Waals surface area contributed by atoms with E-state index in [2.05, 4.69) is 0 Å². The molecule has 0 saturated heterocycles. The molecular formula is C32H40F6O6S2. The lowest BCUT2D eigenvalue weighted by atomic mass is 10.1. The summed E-state index contributed by atoms with van der Waals surface area (Å²) in [6.45, 7) is 5.69. The maximum absolute atomic E-state index is 13.4. The van der Waals surface area contributed by atoms with Crippen LogP contribution < -0.4 is 0 Å². The van der Waals surface area contributed by atoms with E-state index in [1.165, 1.54) is 45.9 Å². The first kappa shape index (κ1) is 39.8. The van der Waals surface area contributed by atoms with E-state index < -0.39 is 36.5 Å². The summed E-state index contributed by atoms with van der Waals surface area (Å²) in [5.74, 6) is -2.14. The lowest BCUT2D eigenvalue weighted by molar-refractivity contribution is -0.206. The van der Waals surface area contributed by atoms with Crippen molar-refractivity contribution >= 4 is 33.5 Å². The molecule has 0 saturated carbocycles. The Morgan fingerprint density at radius 3 is 1.24 bits per heavy atom. The van der Waals surface area contributed by atoms with Gasteiger partial charge in [0.1, 0.15) is 0 Å². The number of carbonyl (C=O) groups excluding carboxylic acids is 2. The van der Waals surface area contributed by atoms with Gasteiger partial charge >= 0.3 is 24.3 Å². The number of hydrogen-bond acceptors (Lipinski definition) is 8. The van der Waals surface area contributed by atoms with Crippen LogP contribution in [0.15, 0.2) is 58.3 Å². The summed E-state index contributed by atoms with van der Waals surface area (Å²) in [4.78, 5) is 26.2. The molecule has 0 amide bonds. The molecule has 0 heterocycles. The Morgan fingerprint density at radius 2 is 0.935 bits per heavy atom. The van der Waals surface area contributed by atoms with Crippen molar-refractivity contribution in [3.05, 3.63) is 59.7 Å². The van der Waals surface area contributed by atoms with Crippen LogP contribution in [-0.2, 0) is 18.9 Å². The topological polar surface area (TPSA) is 71.1 Å². The largest absolute Gasteiger partial charge is 0.449 e. The molecule has 2 aromatic carbocycles. The zero-order valence-corrected chi connectivity index (χ0v) is 27.4. The molecule has 6 nitrogen and oxygen atoms in total. The van der Waals surface area contributed by atoms with Gasteiger partial charge in [0.2, 0.25) is 0 Å². The summed E-state index contributed by atoms with van der Waals surface area (Å²) in [7, 11) is 2.55. The van der Waals surface area contributed by atoms with Gasteiger partial charge in [-0.25, -0.2) is 9.59 Å². The Hall–Kier alpha value is -2.42. The van der Waals surface area contributed by atoms with E-state index in [9.17, 15) is 35.9 Å². The third-order valence-electron chi connectivity index (χ3n) is 6.56. The summed E-state index contributed by atoms with van der Waals surface area (Å²) >= 11 is 0. The molecule has 0 bridgehead atoms. The fraction of sp³-hybridized carbons (Fsp3) is 0.562. The predicted molar refractivity (Wildman–Crippen MR) is 165 cm³/mol. The van der Waals surface area contributed by atoms with Crippen molar-refractivity contribution in [2.75, 3.05) is 26.4 Å². The minimum absolute atomic E-state index is 0.0227. The van der Waals surface area contributed by atoms with Gasteiger partial charge in [0.05, 0.1) is 11.1 Å². The highest BCUT2D eigenvalue weighted by Gasteiger charge is 2.43. The van der Waals surface area contributed by atoms with Gasteiger partial charge in [0, 0.05) is 36.2 Å². The quantitative estimate of drug-likeness (QED) is 0.0553. The SMILES string of the molecule is CCOCCCCC[C@@H](OC(=O)c1ccc(SSc2ccc(C(=O)O[C@H](CCCCCOCC)C(F)(F)F)cc2)cc1)C(F)(F)F. The van der Waals surface area contributed by atoms with Gasteiger partial charge in [-0.1, -0.05) is 34.4 Å². The highest BCUT2D eigenvalue weighted by atomic mass is 33.1. The van der Waals surface area contributed by atoms with E-state index in [0.29, 0.717) is 61.9 Å². The van der Waals surface area contributed by atoms with Crippen molar-refractivity contribution in [2.24, 2.45) is 0 Å². The number of esters is 2. The van der Waals surface area contributed by atoms with Gasteiger partial charge in [-0.3, -0.25) is 0 Å².